The van der Waals surface area contributed by atoms with Crippen LogP contribution in [0.4, 0.5) is 0 Å². The summed E-state index contributed by atoms with van der Waals surface area (Å²) >= 11 is 0. The summed E-state index contributed by atoms with van der Waals surface area (Å²) in [5, 5.41) is 19.0. The number of benzene rings is 2. The van der Waals surface area contributed by atoms with Gasteiger partial charge in [0.2, 0.25) is 0 Å². The van der Waals surface area contributed by atoms with E-state index in [-0.39, 0.29) is 26.5 Å². The second-order valence-corrected chi connectivity index (χ2v) is 7.46. The fourth-order valence-electron chi connectivity index (χ4n) is 3.59. The number of hydrogen-bond donors (Lipinski definition) is 0. The van der Waals surface area contributed by atoms with Gasteiger partial charge in [-0.3, -0.25) is 9.36 Å². The standard InChI is InChI=1S/C23H17N5.Pt/c1-23(2)16-5-3-7-18(13-16)27-11-9-21(25-27)20(15-24)22-10-12-28(26-22)19-8-4-6-17(23)14-19;/h3-12,20H,1-2H3;/q-2;+2. The molecular weight excluding hydrogens is 541 g/mol. The maximum absolute atomic E-state index is 9.75. The van der Waals surface area contributed by atoms with E-state index in [1.54, 1.807) is 9.36 Å². The van der Waals surface area contributed by atoms with Crippen LogP contribution in [0.3, 0.4) is 0 Å². The molecule has 29 heavy (non-hydrogen) atoms. The molecule has 8 bridgehead atoms. The quantitative estimate of drug-likeness (QED) is 0.307. The van der Waals surface area contributed by atoms with Crippen LogP contribution in [-0.4, -0.2) is 19.6 Å². The maximum atomic E-state index is 9.75. The van der Waals surface area contributed by atoms with Gasteiger partial charge in [0.25, 0.3) is 0 Å². The zero-order chi connectivity index (χ0) is 19.3. The average molecular weight is 559 g/mol. The Kier molecular flexibility index (Phi) is 4.76. The fraction of sp³-hybridized carbons (Fsp3) is 0.174. The Morgan fingerprint density at radius 2 is 1.34 bits per heavy atom. The molecule has 0 atom stereocenters. The number of aromatic nitrogens is 4. The Hall–Kier alpha value is -2.96. The van der Waals surface area contributed by atoms with Crippen LogP contribution in [0.25, 0.3) is 11.4 Å². The summed E-state index contributed by atoms with van der Waals surface area (Å²) in [5.74, 6) is -0.534. The van der Waals surface area contributed by atoms with Crippen molar-refractivity contribution in [3.8, 4) is 17.4 Å². The van der Waals surface area contributed by atoms with Crippen molar-refractivity contribution in [2.75, 3.05) is 0 Å². The molecule has 0 spiro atoms. The van der Waals surface area contributed by atoms with Gasteiger partial charge in [-0.2, -0.15) is 63.0 Å². The van der Waals surface area contributed by atoms with Gasteiger partial charge in [-0.15, -0.1) is 12.1 Å². The molecule has 144 valence electrons. The SMILES string of the molecule is CC1(C)c2[c-]c(ccc2)-n2ccc(n2)C(C#N)c2ccn(n2)-c2[c-]c1ccc2.[Pt+2]. The van der Waals surface area contributed by atoms with Gasteiger partial charge in [-0.25, -0.2) is 0 Å². The molecule has 0 N–H and O–H groups in total. The number of rotatable bonds is 0. The molecule has 0 aliphatic carbocycles. The first-order valence-corrected chi connectivity index (χ1v) is 9.13. The molecule has 0 amide bonds. The van der Waals surface area contributed by atoms with Crippen molar-refractivity contribution >= 4 is 0 Å². The topological polar surface area (TPSA) is 59.4 Å². The largest absolute Gasteiger partial charge is 2.00 e. The van der Waals surface area contributed by atoms with Gasteiger partial charge < -0.3 is 0 Å². The molecule has 2 aromatic carbocycles. The monoisotopic (exact) mass is 558 g/mol. The third kappa shape index (κ3) is 3.14. The van der Waals surface area contributed by atoms with Crippen molar-refractivity contribution in [1.29, 1.82) is 5.26 Å². The average Bonchev–Trinajstić information content (AvgIpc) is 3.39. The zero-order valence-electron chi connectivity index (χ0n) is 15.9. The van der Waals surface area contributed by atoms with Gasteiger partial charge >= 0.3 is 21.1 Å². The van der Waals surface area contributed by atoms with Crippen molar-refractivity contribution < 1.29 is 21.1 Å². The fourth-order valence-corrected chi connectivity index (χ4v) is 3.59. The third-order valence-electron chi connectivity index (χ3n) is 5.34. The second kappa shape index (κ2) is 7.13. The van der Waals surface area contributed by atoms with E-state index in [2.05, 4.69) is 54.4 Å². The van der Waals surface area contributed by atoms with Gasteiger partial charge in [-0.1, -0.05) is 13.8 Å². The zero-order valence-corrected chi connectivity index (χ0v) is 18.2. The smallest absolute Gasteiger partial charge is 0.265 e. The maximum Gasteiger partial charge on any atom is 2.00 e. The van der Waals surface area contributed by atoms with Gasteiger partial charge in [0.15, 0.2) is 0 Å². The molecule has 0 fully saturated rings. The normalized spacial score (nSPS) is 14.4. The summed E-state index contributed by atoms with van der Waals surface area (Å²) in [6.45, 7) is 4.33. The first-order valence-electron chi connectivity index (χ1n) is 9.13. The van der Waals surface area contributed by atoms with Crippen molar-refractivity contribution in [1.82, 2.24) is 19.6 Å². The third-order valence-corrected chi connectivity index (χ3v) is 5.34. The van der Waals surface area contributed by atoms with Crippen molar-refractivity contribution in [3.63, 3.8) is 0 Å². The Balaban J connectivity index is 0.00000205. The molecule has 3 heterocycles. The van der Waals surface area contributed by atoms with Crippen molar-refractivity contribution in [2.45, 2.75) is 25.2 Å². The Labute approximate surface area is 183 Å². The van der Waals surface area contributed by atoms with Gasteiger partial charge in [0, 0.05) is 12.4 Å². The van der Waals surface area contributed by atoms with Gasteiger partial charge in [0.1, 0.15) is 5.92 Å². The Bertz CT molecular complexity index is 1140. The molecular formula is C23H17N5Pt. The minimum atomic E-state index is -0.534. The van der Waals surface area contributed by atoms with E-state index in [1.165, 1.54) is 0 Å². The first kappa shape index (κ1) is 19.4. The first-order chi connectivity index (χ1) is 13.6. The van der Waals surface area contributed by atoms with Gasteiger partial charge in [-0.05, 0) is 28.9 Å². The summed E-state index contributed by atoms with van der Waals surface area (Å²) in [6, 6.07) is 25.2. The number of nitriles is 1. The molecule has 1 aliphatic rings. The minimum absolute atomic E-state index is 0. The van der Waals surface area contributed by atoms with Crippen molar-refractivity contribution in [2.24, 2.45) is 0 Å². The van der Waals surface area contributed by atoms with E-state index < -0.39 is 5.92 Å². The summed E-state index contributed by atoms with van der Waals surface area (Å²) in [6.07, 6.45) is 3.73. The van der Waals surface area contributed by atoms with Crippen LogP contribution >= 0.6 is 0 Å². The van der Waals surface area contributed by atoms with Crippen LogP contribution in [-0.2, 0) is 26.5 Å². The predicted octanol–water partition coefficient (Wildman–Crippen LogP) is 3.95. The number of nitrogens with zero attached hydrogens (tertiary/aromatic N) is 5. The van der Waals surface area contributed by atoms with E-state index in [4.69, 9.17) is 0 Å². The summed E-state index contributed by atoms with van der Waals surface area (Å²) in [5.41, 5.74) is 4.81. The molecule has 2 aromatic heterocycles. The van der Waals surface area contributed by atoms with Crippen LogP contribution in [0.5, 0.6) is 0 Å². The van der Waals surface area contributed by atoms with Crippen LogP contribution in [0.2, 0.25) is 0 Å². The number of hydrogen-bond acceptors (Lipinski definition) is 3. The molecule has 0 saturated carbocycles. The van der Waals surface area contributed by atoms with Crippen molar-refractivity contribution in [3.05, 3.63) is 95.6 Å². The second-order valence-electron chi connectivity index (χ2n) is 7.46. The molecule has 0 radical (unpaired) electrons. The van der Waals surface area contributed by atoms with E-state index in [0.717, 1.165) is 22.5 Å². The molecule has 0 saturated heterocycles. The predicted molar refractivity (Wildman–Crippen MR) is 104 cm³/mol. The van der Waals surface area contributed by atoms with Crippen LogP contribution < -0.4 is 0 Å². The Morgan fingerprint density at radius 3 is 1.79 bits per heavy atom. The van der Waals surface area contributed by atoms with E-state index >= 15 is 0 Å². The van der Waals surface area contributed by atoms with Crippen LogP contribution in [0.1, 0.15) is 42.3 Å². The van der Waals surface area contributed by atoms with E-state index in [1.807, 2.05) is 48.8 Å². The molecule has 5 rings (SSSR count). The van der Waals surface area contributed by atoms with Gasteiger partial charge in [0.05, 0.1) is 17.5 Å². The summed E-state index contributed by atoms with van der Waals surface area (Å²) < 4.78 is 3.53. The molecule has 6 heteroatoms. The Morgan fingerprint density at radius 1 is 0.862 bits per heavy atom. The minimum Gasteiger partial charge on any atom is -0.265 e. The van der Waals surface area contributed by atoms with E-state index in [0.29, 0.717) is 11.4 Å². The molecule has 0 unspecified atom stereocenters. The van der Waals surface area contributed by atoms with E-state index in [9.17, 15) is 5.26 Å². The number of fused-ring (bicyclic) bond motifs is 10. The molecule has 1 aliphatic heterocycles. The molecule has 4 aromatic rings. The molecule has 5 nitrogen and oxygen atoms in total. The summed E-state index contributed by atoms with van der Waals surface area (Å²) in [4.78, 5) is 0. The van der Waals surface area contributed by atoms with Crippen LogP contribution in [0, 0.1) is 23.5 Å². The summed E-state index contributed by atoms with van der Waals surface area (Å²) in [7, 11) is 0. The van der Waals surface area contributed by atoms with Crippen LogP contribution in [0.15, 0.2) is 60.9 Å².